The number of hydrogen-bond donors (Lipinski definition) is 2. The first-order chi connectivity index (χ1) is 12.2. The maximum atomic E-state index is 12.1. The number of rotatable bonds is 7. The standard InChI is InChI=1S/C19H20N4OS/c1-14(16-10-6-3-7-11-16)20-18(24)13-25-19-21-17(22-23-19)12-15-8-4-2-5-9-15/h2-11,14H,12-13H2,1H3,(H,20,24)(H,21,22,23). The van der Waals surface area contributed by atoms with E-state index in [-0.39, 0.29) is 11.9 Å². The second-order valence-electron chi connectivity index (χ2n) is 5.72. The molecular weight excluding hydrogens is 332 g/mol. The topological polar surface area (TPSA) is 70.7 Å². The number of nitrogens with zero attached hydrogens (tertiary/aromatic N) is 2. The Morgan fingerprint density at radius 1 is 1.12 bits per heavy atom. The highest BCUT2D eigenvalue weighted by atomic mass is 32.2. The van der Waals surface area contributed by atoms with Crippen molar-refractivity contribution >= 4 is 17.7 Å². The van der Waals surface area contributed by atoms with Crippen molar-refractivity contribution in [3.05, 3.63) is 77.6 Å². The monoisotopic (exact) mass is 352 g/mol. The summed E-state index contributed by atoms with van der Waals surface area (Å²) in [4.78, 5) is 16.5. The summed E-state index contributed by atoms with van der Waals surface area (Å²) in [6, 6.07) is 20.0. The van der Waals surface area contributed by atoms with Crippen LogP contribution in [-0.4, -0.2) is 26.8 Å². The Bertz CT molecular complexity index is 805. The highest BCUT2D eigenvalue weighted by Crippen LogP contribution is 2.15. The van der Waals surface area contributed by atoms with E-state index < -0.39 is 0 Å². The van der Waals surface area contributed by atoms with Crippen LogP contribution in [0.15, 0.2) is 65.8 Å². The van der Waals surface area contributed by atoms with E-state index in [1.165, 1.54) is 17.3 Å². The molecule has 0 spiro atoms. The van der Waals surface area contributed by atoms with E-state index in [2.05, 4.69) is 20.5 Å². The highest BCUT2D eigenvalue weighted by Gasteiger charge is 2.11. The second-order valence-corrected chi connectivity index (χ2v) is 6.66. The second kappa shape index (κ2) is 8.48. The van der Waals surface area contributed by atoms with Crippen LogP contribution in [0.1, 0.15) is 29.9 Å². The lowest BCUT2D eigenvalue weighted by Gasteiger charge is -2.13. The zero-order valence-electron chi connectivity index (χ0n) is 14.0. The number of nitrogens with one attached hydrogen (secondary N) is 2. The zero-order chi connectivity index (χ0) is 17.5. The number of carbonyl (C=O) groups excluding carboxylic acids is 1. The third-order valence-corrected chi connectivity index (χ3v) is 4.58. The van der Waals surface area contributed by atoms with Gasteiger partial charge in [-0.25, -0.2) is 4.98 Å². The van der Waals surface area contributed by atoms with E-state index in [0.29, 0.717) is 17.3 Å². The molecule has 6 heteroatoms. The molecule has 1 amide bonds. The summed E-state index contributed by atoms with van der Waals surface area (Å²) >= 11 is 1.33. The third kappa shape index (κ3) is 5.19. The molecule has 1 unspecified atom stereocenters. The molecule has 128 valence electrons. The van der Waals surface area contributed by atoms with Gasteiger partial charge in [0.25, 0.3) is 0 Å². The first kappa shape index (κ1) is 17.2. The van der Waals surface area contributed by atoms with E-state index in [0.717, 1.165) is 11.4 Å². The van der Waals surface area contributed by atoms with Gasteiger partial charge in [0.05, 0.1) is 11.8 Å². The van der Waals surface area contributed by atoms with Gasteiger partial charge in [0, 0.05) is 6.42 Å². The van der Waals surface area contributed by atoms with Crippen LogP contribution < -0.4 is 5.32 Å². The number of amides is 1. The largest absolute Gasteiger partial charge is 0.349 e. The van der Waals surface area contributed by atoms with E-state index in [4.69, 9.17) is 0 Å². The third-order valence-electron chi connectivity index (χ3n) is 3.74. The molecule has 25 heavy (non-hydrogen) atoms. The van der Waals surface area contributed by atoms with Crippen LogP contribution in [0.4, 0.5) is 0 Å². The molecule has 0 saturated carbocycles. The Morgan fingerprint density at radius 3 is 2.52 bits per heavy atom. The van der Waals surface area contributed by atoms with Gasteiger partial charge in [0.1, 0.15) is 5.82 Å². The zero-order valence-corrected chi connectivity index (χ0v) is 14.8. The molecule has 1 aromatic heterocycles. The average molecular weight is 352 g/mol. The smallest absolute Gasteiger partial charge is 0.230 e. The fourth-order valence-corrected chi connectivity index (χ4v) is 3.08. The number of H-pyrrole nitrogens is 1. The summed E-state index contributed by atoms with van der Waals surface area (Å²) in [5.74, 6) is 1.06. The van der Waals surface area contributed by atoms with Crippen LogP contribution in [-0.2, 0) is 11.2 Å². The molecule has 2 aromatic carbocycles. The maximum Gasteiger partial charge on any atom is 0.230 e. The number of benzene rings is 2. The molecule has 5 nitrogen and oxygen atoms in total. The number of carbonyl (C=O) groups is 1. The van der Waals surface area contributed by atoms with Crippen molar-refractivity contribution in [1.82, 2.24) is 20.5 Å². The predicted molar refractivity (Wildman–Crippen MR) is 99.4 cm³/mol. The number of aromatic amines is 1. The lowest BCUT2D eigenvalue weighted by Crippen LogP contribution is -2.28. The lowest BCUT2D eigenvalue weighted by atomic mass is 10.1. The van der Waals surface area contributed by atoms with E-state index in [9.17, 15) is 4.79 Å². The minimum Gasteiger partial charge on any atom is -0.349 e. The van der Waals surface area contributed by atoms with Crippen LogP contribution in [0, 0.1) is 0 Å². The van der Waals surface area contributed by atoms with Gasteiger partial charge in [0.15, 0.2) is 0 Å². The van der Waals surface area contributed by atoms with Crippen molar-refractivity contribution < 1.29 is 4.79 Å². The molecule has 2 N–H and O–H groups in total. The van der Waals surface area contributed by atoms with E-state index in [1.807, 2.05) is 67.6 Å². The van der Waals surface area contributed by atoms with Gasteiger partial charge >= 0.3 is 0 Å². The quantitative estimate of drug-likeness (QED) is 0.640. The molecular formula is C19H20N4OS. The van der Waals surface area contributed by atoms with Crippen LogP contribution in [0.25, 0.3) is 0 Å². The van der Waals surface area contributed by atoms with Crippen molar-refractivity contribution in [3.63, 3.8) is 0 Å². The summed E-state index contributed by atoms with van der Waals surface area (Å²) in [6.07, 6.45) is 0.700. The van der Waals surface area contributed by atoms with Crippen molar-refractivity contribution in [3.8, 4) is 0 Å². The molecule has 3 aromatic rings. The van der Waals surface area contributed by atoms with Crippen LogP contribution >= 0.6 is 11.8 Å². The summed E-state index contributed by atoms with van der Waals surface area (Å²) < 4.78 is 0. The Morgan fingerprint density at radius 2 is 1.80 bits per heavy atom. The first-order valence-electron chi connectivity index (χ1n) is 8.13. The Kier molecular flexibility index (Phi) is 5.85. The summed E-state index contributed by atoms with van der Waals surface area (Å²) in [7, 11) is 0. The Labute approximate surface area is 151 Å². The molecule has 0 fully saturated rings. The average Bonchev–Trinajstić information content (AvgIpc) is 3.09. The molecule has 3 rings (SSSR count). The highest BCUT2D eigenvalue weighted by molar-refractivity contribution is 7.99. The van der Waals surface area contributed by atoms with Crippen LogP contribution in [0.5, 0.6) is 0 Å². The van der Waals surface area contributed by atoms with Gasteiger partial charge < -0.3 is 5.32 Å². The number of thioether (sulfide) groups is 1. The van der Waals surface area contributed by atoms with Gasteiger partial charge in [0.2, 0.25) is 11.1 Å². The normalized spacial score (nSPS) is 11.9. The van der Waals surface area contributed by atoms with Gasteiger partial charge in [-0.1, -0.05) is 72.4 Å². The Hall–Kier alpha value is -2.60. The van der Waals surface area contributed by atoms with Crippen molar-refractivity contribution in [2.75, 3.05) is 5.75 Å². The lowest BCUT2D eigenvalue weighted by molar-refractivity contribution is -0.119. The molecule has 1 heterocycles. The van der Waals surface area contributed by atoms with Gasteiger partial charge in [-0.2, -0.15) is 0 Å². The van der Waals surface area contributed by atoms with Crippen molar-refractivity contribution in [1.29, 1.82) is 0 Å². The molecule has 0 saturated heterocycles. The fraction of sp³-hybridized carbons (Fsp3) is 0.211. The van der Waals surface area contributed by atoms with Crippen molar-refractivity contribution in [2.45, 2.75) is 24.5 Å². The summed E-state index contributed by atoms with van der Waals surface area (Å²) in [6.45, 7) is 1.97. The summed E-state index contributed by atoms with van der Waals surface area (Å²) in [5.41, 5.74) is 2.26. The number of hydrogen-bond acceptors (Lipinski definition) is 4. The van der Waals surface area contributed by atoms with Gasteiger partial charge in [-0.15, -0.1) is 5.10 Å². The van der Waals surface area contributed by atoms with E-state index in [1.54, 1.807) is 0 Å². The van der Waals surface area contributed by atoms with Gasteiger partial charge in [-0.3, -0.25) is 9.89 Å². The first-order valence-corrected chi connectivity index (χ1v) is 9.11. The molecule has 0 aliphatic carbocycles. The van der Waals surface area contributed by atoms with Crippen molar-refractivity contribution in [2.24, 2.45) is 0 Å². The SMILES string of the molecule is CC(NC(=O)CSc1n[nH]c(Cc2ccccc2)n1)c1ccccc1. The van der Waals surface area contributed by atoms with E-state index >= 15 is 0 Å². The molecule has 0 aliphatic rings. The molecule has 0 radical (unpaired) electrons. The number of aromatic nitrogens is 3. The fourth-order valence-electron chi connectivity index (χ4n) is 2.45. The molecule has 0 bridgehead atoms. The minimum atomic E-state index is -0.0317. The van der Waals surface area contributed by atoms with Crippen LogP contribution in [0.3, 0.4) is 0 Å². The molecule has 1 atom stereocenters. The minimum absolute atomic E-state index is 0.0184. The maximum absolute atomic E-state index is 12.1. The Balaban J connectivity index is 1.48. The van der Waals surface area contributed by atoms with Crippen LogP contribution in [0.2, 0.25) is 0 Å². The predicted octanol–water partition coefficient (Wildman–Crippen LogP) is 3.37. The molecule has 0 aliphatic heterocycles. The summed E-state index contributed by atoms with van der Waals surface area (Å²) in [5, 5.41) is 10.7. The van der Waals surface area contributed by atoms with Gasteiger partial charge in [-0.05, 0) is 18.1 Å².